The molecule has 0 radical (unpaired) electrons. The third kappa shape index (κ3) is 3.16. The molecule has 8 unspecified atom stereocenters. The fraction of sp³-hybridized carbons (Fsp3) is 0.833. The Kier molecular flexibility index (Phi) is 5.33. The van der Waals surface area contributed by atoms with E-state index in [-0.39, 0.29) is 51.9 Å². The Morgan fingerprint density at radius 2 is 1.83 bits per heavy atom. The number of hydrogen-bond donors (Lipinski definition) is 0. The van der Waals surface area contributed by atoms with Crippen molar-refractivity contribution in [2.45, 2.75) is 78.6 Å². The molecule has 0 spiro atoms. The monoisotopic (exact) mass is 420 g/mol. The van der Waals surface area contributed by atoms with Crippen molar-refractivity contribution in [1.82, 2.24) is 0 Å². The second-order valence-electron chi connectivity index (χ2n) is 10.8. The van der Waals surface area contributed by atoms with Crippen molar-refractivity contribution in [2.24, 2.45) is 46.3 Å². The third-order valence-corrected chi connectivity index (χ3v) is 9.89. The van der Waals surface area contributed by atoms with Crippen LogP contribution in [0.1, 0.15) is 78.6 Å². The van der Waals surface area contributed by atoms with Gasteiger partial charge in [0.2, 0.25) is 5.24 Å². The Balaban J connectivity index is 1.63. The standard InChI is InChI=1S/C24H33ClO4/c1-13(4-7-21(25)29)16-5-6-17-22-18(12-20(28)24(16,17)3)23(2)9-8-15(26)10-14(23)11-19(22)27/h13-14,16-18,22H,4-12H2,1-3H3. The molecule has 29 heavy (non-hydrogen) atoms. The van der Waals surface area contributed by atoms with Crippen molar-refractivity contribution in [1.29, 1.82) is 0 Å². The van der Waals surface area contributed by atoms with Crippen LogP contribution >= 0.6 is 11.6 Å². The number of carbonyl (C=O) groups excluding carboxylic acids is 4. The summed E-state index contributed by atoms with van der Waals surface area (Å²) in [6, 6.07) is 0. The summed E-state index contributed by atoms with van der Waals surface area (Å²) in [6.45, 7) is 6.47. The van der Waals surface area contributed by atoms with Gasteiger partial charge in [-0.05, 0) is 72.3 Å². The van der Waals surface area contributed by atoms with E-state index < -0.39 is 5.41 Å². The molecule has 4 fully saturated rings. The third-order valence-electron chi connectivity index (χ3n) is 9.70. The SMILES string of the molecule is CC(CCC(=O)Cl)C1CCC2C3C(=O)CC4CC(=O)CCC4(C)C3CC(=O)C12C. The summed E-state index contributed by atoms with van der Waals surface area (Å²) in [5.74, 6) is 1.59. The molecule has 0 aromatic heterocycles. The van der Waals surface area contributed by atoms with Crippen LogP contribution in [0.2, 0.25) is 0 Å². The van der Waals surface area contributed by atoms with E-state index in [0.717, 1.165) is 19.3 Å². The molecule has 160 valence electrons. The molecule has 4 rings (SSSR count). The number of ketones is 3. The molecule has 4 saturated carbocycles. The van der Waals surface area contributed by atoms with Crippen LogP contribution in [0.5, 0.6) is 0 Å². The van der Waals surface area contributed by atoms with Crippen LogP contribution in [0.25, 0.3) is 0 Å². The van der Waals surface area contributed by atoms with Crippen LogP contribution in [-0.2, 0) is 19.2 Å². The van der Waals surface area contributed by atoms with Gasteiger partial charge in [-0.3, -0.25) is 19.2 Å². The van der Waals surface area contributed by atoms with Crippen LogP contribution in [0.4, 0.5) is 0 Å². The molecule has 0 amide bonds. The first kappa shape index (κ1) is 21.2. The second-order valence-corrected chi connectivity index (χ2v) is 11.2. The van der Waals surface area contributed by atoms with Crippen LogP contribution in [-0.4, -0.2) is 22.6 Å². The minimum absolute atomic E-state index is 0.0426. The summed E-state index contributed by atoms with van der Waals surface area (Å²) in [6.07, 6.45) is 5.80. The Bertz CT molecular complexity index is 760. The van der Waals surface area contributed by atoms with Crippen molar-refractivity contribution >= 4 is 34.2 Å². The summed E-state index contributed by atoms with van der Waals surface area (Å²) in [4.78, 5) is 50.2. The molecule has 5 heteroatoms. The first-order chi connectivity index (χ1) is 13.6. The van der Waals surface area contributed by atoms with Crippen molar-refractivity contribution in [2.75, 3.05) is 0 Å². The molecular weight excluding hydrogens is 388 g/mol. The average molecular weight is 421 g/mol. The van der Waals surface area contributed by atoms with Crippen molar-refractivity contribution in [3.05, 3.63) is 0 Å². The highest BCUT2D eigenvalue weighted by molar-refractivity contribution is 6.63. The molecule has 4 nitrogen and oxygen atoms in total. The molecule has 0 N–H and O–H groups in total. The number of rotatable bonds is 4. The molecule has 4 aliphatic rings. The summed E-state index contributed by atoms with van der Waals surface area (Å²) in [7, 11) is 0. The number of carbonyl (C=O) groups is 4. The largest absolute Gasteiger partial charge is 0.300 e. The predicted octanol–water partition coefficient (Wildman–Crippen LogP) is 4.75. The molecule has 8 atom stereocenters. The van der Waals surface area contributed by atoms with E-state index in [0.29, 0.717) is 50.1 Å². The fourth-order valence-corrected chi connectivity index (χ4v) is 8.04. The molecule has 0 aromatic carbocycles. The van der Waals surface area contributed by atoms with Crippen molar-refractivity contribution in [3.8, 4) is 0 Å². The highest BCUT2D eigenvalue weighted by atomic mass is 35.5. The van der Waals surface area contributed by atoms with Gasteiger partial charge in [0.25, 0.3) is 0 Å². The van der Waals surface area contributed by atoms with Gasteiger partial charge in [0.15, 0.2) is 0 Å². The van der Waals surface area contributed by atoms with Gasteiger partial charge < -0.3 is 0 Å². The van der Waals surface area contributed by atoms with Crippen LogP contribution < -0.4 is 0 Å². The summed E-state index contributed by atoms with van der Waals surface area (Å²) in [5.41, 5.74) is -0.544. The fourth-order valence-electron chi connectivity index (χ4n) is 7.93. The van der Waals surface area contributed by atoms with Gasteiger partial charge in [-0.2, -0.15) is 0 Å². The number of hydrogen-bond acceptors (Lipinski definition) is 4. The van der Waals surface area contributed by atoms with Gasteiger partial charge in [0, 0.05) is 43.4 Å². The molecule has 0 aromatic rings. The van der Waals surface area contributed by atoms with Gasteiger partial charge in [0.1, 0.15) is 17.3 Å². The van der Waals surface area contributed by atoms with Gasteiger partial charge in [0.05, 0.1) is 0 Å². The zero-order valence-electron chi connectivity index (χ0n) is 17.8. The van der Waals surface area contributed by atoms with Gasteiger partial charge in [-0.15, -0.1) is 0 Å². The quantitative estimate of drug-likeness (QED) is 0.615. The Labute approximate surface area is 178 Å². The summed E-state index contributed by atoms with van der Waals surface area (Å²) >= 11 is 5.56. The second kappa shape index (κ2) is 7.28. The van der Waals surface area contributed by atoms with E-state index in [1.54, 1.807) is 0 Å². The maximum absolute atomic E-state index is 13.6. The topological polar surface area (TPSA) is 68.3 Å². The molecule has 0 aliphatic heterocycles. The Hall–Kier alpha value is -1.03. The van der Waals surface area contributed by atoms with Gasteiger partial charge >= 0.3 is 0 Å². The normalized spacial score (nSPS) is 45.4. The molecule has 0 heterocycles. The minimum atomic E-state index is -0.473. The maximum atomic E-state index is 13.6. The van der Waals surface area contributed by atoms with E-state index >= 15 is 0 Å². The van der Waals surface area contributed by atoms with Gasteiger partial charge in [-0.1, -0.05) is 20.8 Å². The van der Waals surface area contributed by atoms with E-state index in [9.17, 15) is 19.2 Å². The zero-order valence-corrected chi connectivity index (χ0v) is 18.6. The first-order valence-corrected chi connectivity index (χ1v) is 11.7. The number of halogens is 1. The maximum Gasteiger partial charge on any atom is 0.221 e. The van der Waals surface area contributed by atoms with Crippen LogP contribution in [0.3, 0.4) is 0 Å². The molecular formula is C24H33ClO4. The lowest BCUT2D eigenvalue weighted by Gasteiger charge is -2.58. The van der Waals surface area contributed by atoms with Crippen LogP contribution in [0.15, 0.2) is 0 Å². The molecule has 4 aliphatic carbocycles. The average Bonchev–Trinajstić information content (AvgIpc) is 3.01. The Morgan fingerprint density at radius 1 is 1.10 bits per heavy atom. The predicted molar refractivity (Wildman–Crippen MR) is 110 cm³/mol. The highest BCUT2D eigenvalue weighted by Gasteiger charge is 2.66. The lowest BCUT2D eigenvalue weighted by molar-refractivity contribution is -0.166. The molecule has 0 bridgehead atoms. The lowest BCUT2D eigenvalue weighted by Crippen LogP contribution is -2.60. The zero-order chi connectivity index (χ0) is 21.1. The highest BCUT2D eigenvalue weighted by Crippen LogP contribution is 2.66. The minimum Gasteiger partial charge on any atom is -0.300 e. The number of fused-ring (bicyclic) bond motifs is 5. The Morgan fingerprint density at radius 3 is 2.52 bits per heavy atom. The van der Waals surface area contributed by atoms with Crippen molar-refractivity contribution in [3.63, 3.8) is 0 Å². The molecule has 0 saturated heterocycles. The van der Waals surface area contributed by atoms with Crippen LogP contribution in [0, 0.1) is 46.3 Å². The van der Waals surface area contributed by atoms with E-state index in [1.165, 1.54) is 0 Å². The summed E-state index contributed by atoms with van der Waals surface area (Å²) in [5, 5.41) is -0.320. The van der Waals surface area contributed by atoms with E-state index in [4.69, 9.17) is 11.6 Å². The summed E-state index contributed by atoms with van der Waals surface area (Å²) < 4.78 is 0. The van der Waals surface area contributed by atoms with E-state index in [2.05, 4.69) is 20.8 Å². The smallest absolute Gasteiger partial charge is 0.221 e. The number of Topliss-reactive ketones (excluding diaryl/α,β-unsaturated/α-hetero) is 3. The van der Waals surface area contributed by atoms with Crippen molar-refractivity contribution < 1.29 is 19.2 Å². The first-order valence-electron chi connectivity index (χ1n) is 11.3. The van der Waals surface area contributed by atoms with Gasteiger partial charge in [-0.25, -0.2) is 0 Å². The lowest BCUT2D eigenvalue weighted by atomic mass is 9.44. The van der Waals surface area contributed by atoms with E-state index in [1.807, 2.05) is 0 Å².